The molecular weight excluding hydrogens is 328 g/mol. The maximum Gasteiger partial charge on any atom is 0.123 e. The minimum atomic E-state index is 0.408. The number of nitrogens with zero attached hydrogens (tertiary/aromatic N) is 1. The Hall–Kier alpha value is -0.580. The van der Waals surface area contributed by atoms with Crippen molar-refractivity contribution in [3.8, 4) is 5.75 Å². The van der Waals surface area contributed by atoms with Gasteiger partial charge < -0.3 is 10.5 Å². The molecule has 0 aliphatic heterocycles. The van der Waals surface area contributed by atoms with Gasteiger partial charge in [0, 0.05) is 28.7 Å². The van der Waals surface area contributed by atoms with Gasteiger partial charge in [0.1, 0.15) is 5.75 Å². The Balaban J connectivity index is 2.10. The van der Waals surface area contributed by atoms with Gasteiger partial charge in [0.2, 0.25) is 0 Å². The largest absolute Gasteiger partial charge is 0.496 e. The Labute approximate surface area is 137 Å². The maximum absolute atomic E-state index is 6.04. The van der Waals surface area contributed by atoms with Gasteiger partial charge in [-0.2, -0.15) is 0 Å². The predicted molar refractivity (Wildman–Crippen MR) is 91.6 cm³/mol. The van der Waals surface area contributed by atoms with Crippen molar-refractivity contribution < 1.29 is 4.74 Å². The van der Waals surface area contributed by atoms with Crippen molar-refractivity contribution in [3.63, 3.8) is 0 Å². The summed E-state index contributed by atoms with van der Waals surface area (Å²) in [6.07, 6.45) is 5.93. The zero-order valence-corrected chi connectivity index (χ0v) is 14.7. The average molecular weight is 355 g/mol. The van der Waals surface area contributed by atoms with Crippen LogP contribution in [0.3, 0.4) is 0 Å². The normalized spacial score (nSPS) is 22.5. The first-order valence-electron chi connectivity index (χ1n) is 7.96. The molecular formula is C17H27BrN2O. The molecule has 0 heterocycles. The van der Waals surface area contributed by atoms with Crippen LogP contribution >= 0.6 is 15.9 Å². The lowest BCUT2D eigenvalue weighted by Crippen LogP contribution is -2.40. The third-order valence-corrected chi connectivity index (χ3v) is 4.88. The molecule has 1 aliphatic rings. The van der Waals surface area contributed by atoms with Gasteiger partial charge in [-0.3, -0.25) is 4.90 Å². The van der Waals surface area contributed by atoms with E-state index in [0.717, 1.165) is 36.2 Å². The number of nitrogens with two attached hydrogens (primary N) is 1. The number of hydrogen-bond acceptors (Lipinski definition) is 3. The standard InChI is InChI=1S/C17H27BrN2O/c1-3-10-20(16-7-5-15(19)6-8-16)12-13-11-14(18)4-9-17(13)21-2/h4,9,11,15-16H,3,5-8,10,12,19H2,1-2H3. The molecule has 0 bridgehead atoms. The van der Waals surface area contributed by atoms with Gasteiger partial charge in [-0.1, -0.05) is 22.9 Å². The van der Waals surface area contributed by atoms with Crippen molar-refractivity contribution in [2.75, 3.05) is 13.7 Å². The van der Waals surface area contributed by atoms with Crippen LogP contribution in [0.2, 0.25) is 0 Å². The molecule has 0 radical (unpaired) electrons. The van der Waals surface area contributed by atoms with Crippen LogP contribution < -0.4 is 10.5 Å². The van der Waals surface area contributed by atoms with Crippen molar-refractivity contribution in [2.24, 2.45) is 5.73 Å². The minimum Gasteiger partial charge on any atom is -0.496 e. The number of rotatable bonds is 6. The number of benzene rings is 1. The molecule has 1 fully saturated rings. The first kappa shape index (κ1) is 16.8. The van der Waals surface area contributed by atoms with Crippen molar-refractivity contribution in [3.05, 3.63) is 28.2 Å². The molecule has 1 aromatic carbocycles. The number of hydrogen-bond donors (Lipinski definition) is 1. The van der Waals surface area contributed by atoms with E-state index in [1.165, 1.54) is 24.8 Å². The smallest absolute Gasteiger partial charge is 0.123 e. The zero-order chi connectivity index (χ0) is 15.2. The summed E-state index contributed by atoms with van der Waals surface area (Å²) in [5, 5.41) is 0. The van der Waals surface area contributed by atoms with Crippen molar-refractivity contribution >= 4 is 15.9 Å². The number of ether oxygens (including phenoxy) is 1. The summed E-state index contributed by atoms with van der Waals surface area (Å²) in [4.78, 5) is 2.61. The van der Waals surface area contributed by atoms with Crippen molar-refractivity contribution in [1.82, 2.24) is 4.90 Å². The van der Waals surface area contributed by atoms with Crippen LogP contribution in [0.15, 0.2) is 22.7 Å². The van der Waals surface area contributed by atoms with Gasteiger partial charge >= 0.3 is 0 Å². The van der Waals surface area contributed by atoms with Gasteiger partial charge in [0.15, 0.2) is 0 Å². The molecule has 2 rings (SSSR count). The van der Waals surface area contributed by atoms with Crippen molar-refractivity contribution in [2.45, 2.75) is 57.7 Å². The van der Waals surface area contributed by atoms with Gasteiger partial charge in [-0.15, -0.1) is 0 Å². The second-order valence-electron chi connectivity index (χ2n) is 6.00. The monoisotopic (exact) mass is 354 g/mol. The molecule has 2 N–H and O–H groups in total. The van der Waals surface area contributed by atoms with Gasteiger partial charge in [-0.05, 0) is 56.8 Å². The molecule has 118 valence electrons. The maximum atomic E-state index is 6.04. The van der Waals surface area contributed by atoms with Crippen LogP contribution in [0.25, 0.3) is 0 Å². The Morgan fingerprint density at radius 1 is 1.29 bits per heavy atom. The fraction of sp³-hybridized carbons (Fsp3) is 0.647. The molecule has 0 unspecified atom stereocenters. The summed E-state index contributed by atoms with van der Waals surface area (Å²) in [5.74, 6) is 0.979. The first-order valence-corrected chi connectivity index (χ1v) is 8.75. The molecule has 0 atom stereocenters. The Bertz CT molecular complexity index is 444. The van der Waals surface area contributed by atoms with Crippen LogP contribution in [0.5, 0.6) is 5.75 Å². The Morgan fingerprint density at radius 2 is 2.00 bits per heavy atom. The minimum absolute atomic E-state index is 0.408. The van der Waals surface area contributed by atoms with Crippen LogP contribution in [-0.2, 0) is 6.54 Å². The van der Waals surface area contributed by atoms with E-state index in [9.17, 15) is 0 Å². The van der Waals surface area contributed by atoms with E-state index in [4.69, 9.17) is 10.5 Å². The highest BCUT2D eigenvalue weighted by molar-refractivity contribution is 9.10. The van der Waals surface area contributed by atoms with Crippen LogP contribution in [-0.4, -0.2) is 30.6 Å². The molecule has 21 heavy (non-hydrogen) atoms. The summed E-state index contributed by atoms with van der Waals surface area (Å²) in [6, 6.07) is 7.32. The zero-order valence-electron chi connectivity index (χ0n) is 13.1. The molecule has 0 aromatic heterocycles. The molecule has 0 saturated heterocycles. The molecule has 0 spiro atoms. The summed E-state index contributed by atoms with van der Waals surface area (Å²) >= 11 is 3.57. The molecule has 1 aliphatic carbocycles. The fourth-order valence-corrected chi connectivity index (χ4v) is 3.64. The lowest BCUT2D eigenvalue weighted by molar-refractivity contribution is 0.141. The second kappa shape index (κ2) is 8.16. The van der Waals surface area contributed by atoms with Crippen LogP contribution in [0, 0.1) is 0 Å². The van der Waals surface area contributed by atoms with Crippen LogP contribution in [0.4, 0.5) is 0 Å². The molecule has 0 amide bonds. The fourth-order valence-electron chi connectivity index (χ4n) is 3.23. The molecule has 3 nitrogen and oxygen atoms in total. The quantitative estimate of drug-likeness (QED) is 0.840. The second-order valence-corrected chi connectivity index (χ2v) is 6.91. The van der Waals surface area contributed by atoms with E-state index < -0.39 is 0 Å². The lowest BCUT2D eigenvalue weighted by atomic mass is 9.90. The third-order valence-electron chi connectivity index (χ3n) is 4.38. The summed E-state index contributed by atoms with van der Waals surface area (Å²) in [5.41, 5.74) is 7.30. The molecule has 4 heteroatoms. The van der Waals surface area contributed by atoms with Gasteiger partial charge in [0.25, 0.3) is 0 Å². The van der Waals surface area contributed by atoms with Crippen molar-refractivity contribution in [1.29, 1.82) is 0 Å². The van der Waals surface area contributed by atoms with Crippen LogP contribution in [0.1, 0.15) is 44.6 Å². The number of halogens is 1. The van der Waals surface area contributed by atoms with E-state index in [0.29, 0.717) is 12.1 Å². The SMILES string of the molecule is CCCN(Cc1cc(Br)ccc1OC)C1CCC(N)CC1. The molecule has 1 aromatic rings. The molecule has 1 saturated carbocycles. The summed E-state index contributed by atoms with van der Waals surface area (Å²) < 4.78 is 6.63. The van der Waals surface area contributed by atoms with E-state index in [1.807, 2.05) is 12.1 Å². The van der Waals surface area contributed by atoms with E-state index in [2.05, 4.69) is 33.8 Å². The number of methoxy groups -OCH3 is 1. The van der Waals surface area contributed by atoms with E-state index >= 15 is 0 Å². The predicted octanol–water partition coefficient (Wildman–Crippen LogP) is 3.94. The van der Waals surface area contributed by atoms with E-state index in [1.54, 1.807) is 7.11 Å². The third kappa shape index (κ3) is 4.70. The van der Waals surface area contributed by atoms with Gasteiger partial charge in [-0.25, -0.2) is 0 Å². The highest BCUT2D eigenvalue weighted by Gasteiger charge is 2.24. The highest BCUT2D eigenvalue weighted by atomic mass is 79.9. The van der Waals surface area contributed by atoms with Gasteiger partial charge in [0.05, 0.1) is 7.11 Å². The first-order chi connectivity index (χ1) is 10.1. The summed E-state index contributed by atoms with van der Waals surface area (Å²) in [7, 11) is 1.75. The summed E-state index contributed by atoms with van der Waals surface area (Å²) in [6.45, 7) is 4.34. The highest BCUT2D eigenvalue weighted by Crippen LogP contribution is 2.28. The average Bonchev–Trinajstić information content (AvgIpc) is 2.48. The topological polar surface area (TPSA) is 38.5 Å². The Morgan fingerprint density at radius 3 is 2.62 bits per heavy atom. The van der Waals surface area contributed by atoms with E-state index in [-0.39, 0.29) is 0 Å². The lowest BCUT2D eigenvalue weighted by Gasteiger charge is -2.36. The Kier molecular flexibility index (Phi) is 6.52.